The largest absolute Gasteiger partial charge is 0.368 e. The molecular formula is C13H25N3O2. The first-order valence-electron chi connectivity index (χ1n) is 6.70. The average molecular weight is 255 g/mol. The first kappa shape index (κ1) is 15.0. The van der Waals surface area contributed by atoms with Gasteiger partial charge in [-0.2, -0.15) is 0 Å². The van der Waals surface area contributed by atoms with Crippen molar-refractivity contribution in [3.8, 4) is 0 Å². The maximum Gasteiger partial charge on any atom is 0.234 e. The van der Waals surface area contributed by atoms with Gasteiger partial charge in [0.2, 0.25) is 11.8 Å². The van der Waals surface area contributed by atoms with Gasteiger partial charge in [0.05, 0.1) is 12.6 Å². The number of hydrogen-bond donors (Lipinski definition) is 2. The summed E-state index contributed by atoms with van der Waals surface area (Å²) < 4.78 is 0. The highest BCUT2D eigenvalue weighted by Gasteiger charge is 2.29. The minimum Gasteiger partial charge on any atom is -0.368 e. The van der Waals surface area contributed by atoms with Gasteiger partial charge in [-0.05, 0) is 39.7 Å². The zero-order valence-electron chi connectivity index (χ0n) is 11.7. The molecular weight excluding hydrogens is 230 g/mol. The molecule has 0 saturated carbocycles. The third-order valence-electron chi connectivity index (χ3n) is 3.65. The lowest BCUT2D eigenvalue weighted by molar-refractivity contribution is -0.128. The predicted octanol–water partition coefficient (Wildman–Crippen LogP) is 0.631. The molecule has 5 heteroatoms. The molecule has 0 bridgehead atoms. The Labute approximate surface area is 109 Å². The molecule has 5 nitrogen and oxygen atoms in total. The lowest BCUT2D eigenvalue weighted by atomic mass is 10.0. The van der Waals surface area contributed by atoms with Crippen molar-refractivity contribution in [2.75, 3.05) is 13.1 Å². The molecule has 0 aromatic rings. The van der Waals surface area contributed by atoms with Gasteiger partial charge in [-0.1, -0.05) is 13.3 Å². The Bertz CT molecular complexity index is 315. The molecule has 1 saturated heterocycles. The summed E-state index contributed by atoms with van der Waals surface area (Å²) in [5.74, 6) is -0.354. The molecule has 0 aromatic heterocycles. The fraction of sp³-hybridized carbons (Fsp3) is 0.846. The molecule has 18 heavy (non-hydrogen) atoms. The lowest BCUT2D eigenvalue weighted by Gasteiger charge is -2.34. The third-order valence-corrected chi connectivity index (χ3v) is 3.65. The van der Waals surface area contributed by atoms with Gasteiger partial charge in [-0.25, -0.2) is 0 Å². The van der Waals surface area contributed by atoms with E-state index in [4.69, 9.17) is 5.73 Å². The molecule has 2 amide bonds. The molecule has 1 atom stereocenters. The second-order valence-corrected chi connectivity index (χ2v) is 5.67. The van der Waals surface area contributed by atoms with Crippen molar-refractivity contribution in [1.82, 2.24) is 10.2 Å². The Morgan fingerprint density at radius 2 is 2.06 bits per heavy atom. The van der Waals surface area contributed by atoms with Crippen LogP contribution < -0.4 is 11.1 Å². The van der Waals surface area contributed by atoms with Crippen molar-refractivity contribution >= 4 is 11.8 Å². The molecule has 0 aliphatic carbocycles. The molecule has 1 fully saturated rings. The first-order chi connectivity index (χ1) is 8.35. The fourth-order valence-electron chi connectivity index (χ4n) is 2.19. The number of nitrogens with one attached hydrogen (secondary N) is 1. The van der Waals surface area contributed by atoms with Gasteiger partial charge in [-0.15, -0.1) is 0 Å². The number of nitrogens with two attached hydrogens (primary N) is 1. The average Bonchev–Trinajstić information content (AvgIpc) is 2.28. The second kappa shape index (κ2) is 6.18. The number of carbonyl (C=O) groups excluding carboxylic acids is 2. The number of carbonyl (C=O) groups is 2. The summed E-state index contributed by atoms with van der Waals surface area (Å²) in [7, 11) is 0. The SMILES string of the molecule is CCC(C)(C)NC(=O)CN1CCCC[C@H]1C(N)=O. The molecule has 0 radical (unpaired) electrons. The van der Waals surface area contributed by atoms with Crippen LogP contribution in [0.2, 0.25) is 0 Å². The van der Waals surface area contributed by atoms with Crippen LogP contribution in [0.5, 0.6) is 0 Å². The van der Waals surface area contributed by atoms with Crippen LogP contribution in [-0.4, -0.2) is 41.4 Å². The molecule has 1 aliphatic heterocycles. The highest BCUT2D eigenvalue weighted by molar-refractivity contribution is 5.82. The van der Waals surface area contributed by atoms with E-state index in [2.05, 4.69) is 5.32 Å². The van der Waals surface area contributed by atoms with Crippen molar-refractivity contribution < 1.29 is 9.59 Å². The number of piperidine rings is 1. The molecule has 1 heterocycles. The number of nitrogens with zero attached hydrogens (tertiary/aromatic N) is 1. The Kier molecular flexibility index (Phi) is 5.14. The Hall–Kier alpha value is -1.10. The summed E-state index contributed by atoms with van der Waals surface area (Å²) in [6.07, 6.45) is 3.66. The summed E-state index contributed by atoms with van der Waals surface area (Å²) >= 11 is 0. The summed E-state index contributed by atoms with van der Waals surface area (Å²) in [6, 6.07) is -0.283. The normalized spacial score (nSPS) is 21.6. The zero-order chi connectivity index (χ0) is 13.8. The quantitative estimate of drug-likeness (QED) is 0.756. The monoisotopic (exact) mass is 255 g/mol. The van der Waals surface area contributed by atoms with Crippen LogP contribution >= 0.6 is 0 Å². The van der Waals surface area contributed by atoms with Crippen LogP contribution in [-0.2, 0) is 9.59 Å². The van der Waals surface area contributed by atoms with E-state index >= 15 is 0 Å². The Balaban J connectivity index is 2.54. The number of amides is 2. The minimum atomic E-state index is -0.322. The van der Waals surface area contributed by atoms with E-state index in [1.54, 1.807) is 0 Å². The van der Waals surface area contributed by atoms with Crippen LogP contribution in [0.1, 0.15) is 46.5 Å². The Morgan fingerprint density at radius 3 is 2.61 bits per heavy atom. The second-order valence-electron chi connectivity index (χ2n) is 5.67. The molecule has 1 rings (SSSR count). The number of hydrogen-bond acceptors (Lipinski definition) is 3. The highest BCUT2D eigenvalue weighted by atomic mass is 16.2. The van der Waals surface area contributed by atoms with E-state index in [1.807, 2.05) is 25.7 Å². The van der Waals surface area contributed by atoms with Crippen molar-refractivity contribution in [1.29, 1.82) is 0 Å². The summed E-state index contributed by atoms with van der Waals surface area (Å²) in [4.78, 5) is 25.2. The van der Waals surface area contributed by atoms with Crippen molar-refractivity contribution in [2.24, 2.45) is 5.73 Å². The van der Waals surface area contributed by atoms with Crippen LogP contribution in [0.3, 0.4) is 0 Å². The van der Waals surface area contributed by atoms with Gasteiger partial charge in [0.1, 0.15) is 0 Å². The van der Waals surface area contributed by atoms with E-state index in [0.29, 0.717) is 0 Å². The van der Waals surface area contributed by atoms with E-state index in [0.717, 1.165) is 32.2 Å². The molecule has 3 N–H and O–H groups in total. The number of likely N-dealkylation sites (tertiary alicyclic amines) is 1. The van der Waals surface area contributed by atoms with E-state index < -0.39 is 0 Å². The van der Waals surface area contributed by atoms with E-state index in [-0.39, 0.29) is 29.9 Å². The van der Waals surface area contributed by atoms with Gasteiger partial charge in [0, 0.05) is 5.54 Å². The molecule has 0 spiro atoms. The summed E-state index contributed by atoms with van der Waals surface area (Å²) in [5, 5.41) is 2.98. The van der Waals surface area contributed by atoms with Gasteiger partial charge >= 0.3 is 0 Å². The zero-order valence-corrected chi connectivity index (χ0v) is 11.7. The Morgan fingerprint density at radius 1 is 1.39 bits per heavy atom. The third kappa shape index (κ3) is 4.29. The van der Waals surface area contributed by atoms with Crippen LogP contribution in [0.25, 0.3) is 0 Å². The van der Waals surface area contributed by atoms with Gasteiger partial charge in [0.15, 0.2) is 0 Å². The maximum atomic E-state index is 11.9. The van der Waals surface area contributed by atoms with Gasteiger partial charge in [-0.3, -0.25) is 14.5 Å². The topological polar surface area (TPSA) is 75.4 Å². The molecule has 0 aromatic carbocycles. The number of rotatable bonds is 5. The standard InChI is InChI=1S/C13H25N3O2/c1-4-13(2,3)15-11(17)9-16-8-6-5-7-10(16)12(14)18/h10H,4-9H2,1-3H3,(H2,14,18)(H,15,17)/t10-/m0/s1. The lowest BCUT2D eigenvalue weighted by Crippen LogP contribution is -2.53. The fourth-order valence-corrected chi connectivity index (χ4v) is 2.19. The van der Waals surface area contributed by atoms with Crippen molar-refractivity contribution in [3.05, 3.63) is 0 Å². The molecule has 104 valence electrons. The van der Waals surface area contributed by atoms with E-state index in [1.165, 1.54) is 0 Å². The number of primary amides is 1. The smallest absolute Gasteiger partial charge is 0.234 e. The first-order valence-corrected chi connectivity index (χ1v) is 6.70. The van der Waals surface area contributed by atoms with Gasteiger partial charge in [0.25, 0.3) is 0 Å². The van der Waals surface area contributed by atoms with Crippen molar-refractivity contribution in [3.63, 3.8) is 0 Å². The van der Waals surface area contributed by atoms with Crippen LogP contribution in [0.4, 0.5) is 0 Å². The van der Waals surface area contributed by atoms with Crippen LogP contribution in [0, 0.1) is 0 Å². The van der Waals surface area contributed by atoms with Crippen molar-refractivity contribution in [2.45, 2.75) is 58.0 Å². The summed E-state index contributed by atoms with van der Waals surface area (Å²) in [5.41, 5.74) is 5.18. The summed E-state index contributed by atoms with van der Waals surface area (Å²) in [6.45, 7) is 7.05. The van der Waals surface area contributed by atoms with E-state index in [9.17, 15) is 9.59 Å². The molecule has 0 unspecified atom stereocenters. The maximum absolute atomic E-state index is 11.9. The van der Waals surface area contributed by atoms with Crippen LogP contribution in [0.15, 0.2) is 0 Å². The minimum absolute atomic E-state index is 0.0324. The highest BCUT2D eigenvalue weighted by Crippen LogP contribution is 2.16. The van der Waals surface area contributed by atoms with Gasteiger partial charge < -0.3 is 11.1 Å². The predicted molar refractivity (Wildman–Crippen MR) is 70.9 cm³/mol. The molecule has 1 aliphatic rings.